The third-order valence-electron chi connectivity index (χ3n) is 6.21. The highest BCUT2D eigenvalue weighted by Gasteiger charge is 2.42. The van der Waals surface area contributed by atoms with Gasteiger partial charge >= 0.3 is 0 Å². The van der Waals surface area contributed by atoms with Crippen LogP contribution in [0.2, 0.25) is 0 Å². The molecule has 0 saturated carbocycles. The highest BCUT2D eigenvalue weighted by Crippen LogP contribution is 2.39. The van der Waals surface area contributed by atoms with E-state index >= 15 is 0 Å². The standard InChI is InChI=1S/C22H28N4O2S/c29-22-24-20(18-8-1-2-10-23-18)21(26(22)15-17-7-5-13-28-17)19-9-3-11-25(19)14-16-6-4-12-27-16/h1-3,8-11,16-17,20-21H,4-7,12-15H2,(H,24,29)/t16-,17-,20+,21-/m0/s1. The third kappa shape index (κ3) is 3.91. The first-order valence-corrected chi connectivity index (χ1v) is 11.1. The summed E-state index contributed by atoms with van der Waals surface area (Å²) in [6.07, 6.45) is 9.05. The highest BCUT2D eigenvalue weighted by molar-refractivity contribution is 7.80. The van der Waals surface area contributed by atoms with Crippen molar-refractivity contribution in [3.05, 3.63) is 54.1 Å². The van der Waals surface area contributed by atoms with E-state index in [1.807, 2.05) is 18.3 Å². The number of hydrogen-bond acceptors (Lipinski definition) is 4. The first kappa shape index (κ1) is 19.0. The second kappa shape index (κ2) is 8.42. The van der Waals surface area contributed by atoms with E-state index in [0.29, 0.717) is 6.10 Å². The lowest BCUT2D eigenvalue weighted by molar-refractivity contribution is 0.0809. The molecule has 0 unspecified atom stereocenters. The number of ether oxygens (including phenoxy) is 2. The second-order valence-corrected chi connectivity index (χ2v) is 8.52. The van der Waals surface area contributed by atoms with Gasteiger partial charge in [0.1, 0.15) is 0 Å². The van der Waals surface area contributed by atoms with Crippen molar-refractivity contribution >= 4 is 17.3 Å². The highest BCUT2D eigenvalue weighted by atomic mass is 32.1. The molecule has 1 N–H and O–H groups in total. The Balaban J connectivity index is 1.47. The first-order valence-electron chi connectivity index (χ1n) is 10.7. The minimum atomic E-state index is 0.0169. The second-order valence-electron chi connectivity index (χ2n) is 8.13. The molecule has 0 radical (unpaired) electrons. The van der Waals surface area contributed by atoms with Crippen molar-refractivity contribution in [1.29, 1.82) is 0 Å². The summed E-state index contributed by atoms with van der Waals surface area (Å²) in [5.74, 6) is 0. The van der Waals surface area contributed by atoms with Crippen LogP contribution in [0.5, 0.6) is 0 Å². The van der Waals surface area contributed by atoms with Gasteiger partial charge in [0.2, 0.25) is 0 Å². The monoisotopic (exact) mass is 412 g/mol. The van der Waals surface area contributed by atoms with Crippen LogP contribution in [-0.4, -0.2) is 51.5 Å². The number of nitrogens with one attached hydrogen (secondary N) is 1. The summed E-state index contributed by atoms with van der Waals surface area (Å²) in [5.41, 5.74) is 2.26. The van der Waals surface area contributed by atoms with E-state index < -0.39 is 0 Å². The van der Waals surface area contributed by atoms with Gasteiger partial charge in [-0.2, -0.15) is 0 Å². The normalized spacial score (nSPS) is 29.5. The summed E-state index contributed by atoms with van der Waals surface area (Å²) in [7, 11) is 0. The predicted octanol–water partition coefficient (Wildman–Crippen LogP) is 3.21. The van der Waals surface area contributed by atoms with E-state index in [0.717, 1.165) is 62.8 Å². The van der Waals surface area contributed by atoms with Gasteiger partial charge in [0.15, 0.2) is 5.11 Å². The van der Waals surface area contributed by atoms with Crippen LogP contribution in [0.1, 0.15) is 49.2 Å². The zero-order chi connectivity index (χ0) is 19.6. The van der Waals surface area contributed by atoms with Crippen LogP contribution < -0.4 is 5.32 Å². The maximum absolute atomic E-state index is 5.94. The number of nitrogens with zero attached hydrogens (tertiary/aromatic N) is 3. The lowest BCUT2D eigenvalue weighted by Gasteiger charge is -2.31. The number of pyridine rings is 1. The lowest BCUT2D eigenvalue weighted by Crippen LogP contribution is -2.37. The maximum atomic E-state index is 5.94. The van der Waals surface area contributed by atoms with Gasteiger partial charge in [-0.3, -0.25) is 4.98 Å². The minimum Gasteiger partial charge on any atom is -0.376 e. The Morgan fingerprint density at radius 2 is 1.83 bits per heavy atom. The zero-order valence-electron chi connectivity index (χ0n) is 16.6. The van der Waals surface area contributed by atoms with Crippen molar-refractivity contribution < 1.29 is 9.47 Å². The van der Waals surface area contributed by atoms with Gasteiger partial charge in [-0.05, 0) is 62.2 Å². The molecule has 0 spiro atoms. The molecule has 0 aliphatic carbocycles. The van der Waals surface area contributed by atoms with Gasteiger partial charge in [0.25, 0.3) is 0 Å². The summed E-state index contributed by atoms with van der Waals surface area (Å²) >= 11 is 5.79. The van der Waals surface area contributed by atoms with E-state index in [1.54, 1.807) is 0 Å². The van der Waals surface area contributed by atoms with Crippen LogP contribution in [0.4, 0.5) is 0 Å². The van der Waals surface area contributed by atoms with Crippen molar-refractivity contribution in [2.45, 2.75) is 56.5 Å². The topological polar surface area (TPSA) is 51.5 Å². The SMILES string of the molecule is S=C1N[C@H](c2ccccn2)[C@H](c2cccn2C[C@@H]2CCCO2)N1C[C@@H]1CCCO1. The van der Waals surface area contributed by atoms with E-state index in [9.17, 15) is 0 Å². The molecular weight excluding hydrogens is 384 g/mol. The molecule has 0 amide bonds. The molecule has 5 heterocycles. The van der Waals surface area contributed by atoms with E-state index in [4.69, 9.17) is 21.7 Å². The molecule has 5 rings (SSSR count). The number of hydrogen-bond donors (Lipinski definition) is 1. The van der Waals surface area contributed by atoms with E-state index in [1.165, 1.54) is 5.69 Å². The Morgan fingerprint density at radius 1 is 1.03 bits per heavy atom. The Labute approximate surface area is 177 Å². The van der Waals surface area contributed by atoms with E-state index in [2.05, 4.69) is 44.2 Å². The fraction of sp³-hybridized carbons (Fsp3) is 0.545. The molecule has 3 aliphatic rings. The quantitative estimate of drug-likeness (QED) is 0.736. The maximum Gasteiger partial charge on any atom is 0.170 e. The van der Waals surface area contributed by atoms with Crippen molar-refractivity contribution in [3.63, 3.8) is 0 Å². The molecule has 0 bridgehead atoms. The van der Waals surface area contributed by atoms with Crippen molar-refractivity contribution in [3.8, 4) is 0 Å². The lowest BCUT2D eigenvalue weighted by atomic mass is 10.0. The molecule has 0 aromatic carbocycles. The third-order valence-corrected chi connectivity index (χ3v) is 6.57. The van der Waals surface area contributed by atoms with Gasteiger partial charge in [0.05, 0.1) is 30.0 Å². The van der Waals surface area contributed by atoms with Gasteiger partial charge < -0.3 is 24.3 Å². The number of thiocarbonyl (C=S) groups is 1. The summed E-state index contributed by atoms with van der Waals surface area (Å²) < 4.78 is 14.2. The molecule has 3 aliphatic heterocycles. The van der Waals surface area contributed by atoms with Crippen LogP contribution in [0.25, 0.3) is 0 Å². The Morgan fingerprint density at radius 3 is 2.52 bits per heavy atom. The average Bonchev–Trinajstić information content (AvgIpc) is 3.53. The Kier molecular flexibility index (Phi) is 5.52. The van der Waals surface area contributed by atoms with Crippen LogP contribution in [-0.2, 0) is 16.0 Å². The molecule has 3 saturated heterocycles. The molecule has 3 fully saturated rings. The van der Waals surface area contributed by atoms with Gasteiger partial charge in [-0.15, -0.1) is 0 Å². The molecular formula is C22H28N4O2S. The largest absolute Gasteiger partial charge is 0.376 e. The summed E-state index contributed by atoms with van der Waals surface area (Å²) in [5, 5.41) is 4.33. The molecule has 2 aromatic rings. The van der Waals surface area contributed by atoms with Crippen LogP contribution in [0.3, 0.4) is 0 Å². The molecule has 7 heteroatoms. The fourth-order valence-electron chi connectivity index (χ4n) is 4.80. The predicted molar refractivity (Wildman–Crippen MR) is 115 cm³/mol. The molecule has 2 aromatic heterocycles. The fourth-order valence-corrected chi connectivity index (χ4v) is 5.12. The Bertz CT molecular complexity index is 830. The van der Waals surface area contributed by atoms with Crippen LogP contribution in [0.15, 0.2) is 42.7 Å². The van der Waals surface area contributed by atoms with Crippen molar-refractivity contribution in [2.24, 2.45) is 0 Å². The summed E-state index contributed by atoms with van der Waals surface area (Å²) in [6, 6.07) is 10.5. The Hall–Kier alpha value is -1.96. The summed E-state index contributed by atoms with van der Waals surface area (Å²) in [4.78, 5) is 6.95. The average molecular weight is 413 g/mol. The minimum absolute atomic E-state index is 0.0169. The molecule has 154 valence electrons. The first-order chi connectivity index (χ1) is 14.3. The van der Waals surface area contributed by atoms with Crippen LogP contribution >= 0.6 is 12.2 Å². The molecule has 6 nitrogen and oxygen atoms in total. The van der Waals surface area contributed by atoms with Gasteiger partial charge in [-0.25, -0.2) is 0 Å². The smallest absolute Gasteiger partial charge is 0.170 e. The molecule has 4 atom stereocenters. The zero-order valence-corrected chi connectivity index (χ0v) is 17.4. The van der Waals surface area contributed by atoms with Crippen molar-refractivity contribution in [2.75, 3.05) is 19.8 Å². The van der Waals surface area contributed by atoms with E-state index in [-0.39, 0.29) is 18.2 Å². The van der Waals surface area contributed by atoms with Crippen molar-refractivity contribution in [1.82, 2.24) is 19.8 Å². The van der Waals surface area contributed by atoms with Crippen LogP contribution in [0, 0.1) is 0 Å². The van der Waals surface area contributed by atoms with Gasteiger partial charge in [-0.1, -0.05) is 6.07 Å². The molecule has 29 heavy (non-hydrogen) atoms. The van der Waals surface area contributed by atoms with Gasteiger partial charge in [0, 0.05) is 44.4 Å². The summed E-state index contributed by atoms with van der Waals surface area (Å²) in [6.45, 7) is 3.42. The number of rotatable bonds is 6. The number of aromatic nitrogens is 2.